The number of aromatic nitrogens is 1. The van der Waals surface area contributed by atoms with Gasteiger partial charge in [0.25, 0.3) is 5.91 Å². The van der Waals surface area contributed by atoms with Crippen molar-refractivity contribution in [2.24, 2.45) is 0 Å². The molecule has 5 nitrogen and oxygen atoms in total. The van der Waals surface area contributed by atoms with Crippen LogP contribution in [0.15, 0.2) is 83.7 Å². The number of aliphatic carboxylic acids is 1. The van der Waals surface area contributed by atoms with E-state index in [1.807, 2.05) is 49.4 Å². The van der Waals surface area contributed by atoms with Gasteiger partial charge < -0.3 is 9.84 Å². The molecule has 0 aliphatic heterocycles. The monoisotopic (exact) mass is 469 g/mol. The first-order chi connectivity index (χ1) is 16.9. The lowest BCUT2D eigenvalue weighted by atomic mass is 9.98. The first-order valence-electron chi connectivity index (χ1n) is 11.9. The van der Waals surface area contributed by atoms with Crippen LogP contribution in [0.25, 0.3) is 10.9 Å². The van der Waals surface area contributed by atoms with Crippen LogP contribution in [0, 0.1) is 6.92 Å². The summed E-state index contributed by atoms with van der Waals surface area (Å²) in [7, 11) is 1.69. The van der Waals surface area contributed by atoms with Crippen LogP contribution in [0.4, 0.5) is 0 Å². The molecule has 0 unspecified atom stereocenters. The van der Waals surface area contributed by atoms with E-state index in [0.717, 1.165) is 48.0 Å². The largest absolute Gasteiger partial charge is 0.497 e. The van der Waals surface area contributed by atoms with Gasteiger partial charge in [-0.05, 0) is 92.6 Å². The third kappa shape index (κ3) is 5.46. The third-order valence-electron chi connectivity index (χ3n) is 6.61. The summed E-state index contributed by atoms with van der Waals surface area (Å²) in [4.78, 5) is 24.6. The molecule has 1 aliphatic rings. The van der Waals surface area contributed by atoms with E-state index in [1.54, 1.807) is 23.8 Å². The van der Waals surface area contributed by atoms with Crippen molar-refractivity contribution in [3.8, 4) is 0 Å². The molecule has 1 aromatic heterocycles. The van der Waals surface area contributed by atoms with Gasteiger partial charge in [-0.25, -0.2) is 0 Å². The molecular formula is C30H31NO4. The van der Waals surface area contributed by atoms with Crippen molar-refractivity contribution in [2.45, 2.75) is 46.0 Å². The van der Waals surface area contributed by atoms with Crippen LogP contribution in [0.1, 0.15) is 53.4 Å². The van der Waals surface area contributed by atoms with Crippen molar-refractivity contribution in [2.75, 3.05) is 7.11 Å². The second-order valence-corrected chi connectivity index (χ2v) is 9.04. The van der Waals surface area contributed by atoms with Crippen molar-refractivity contribution in [3.05, 3.63) is 106 Å². The van der Waals surface area contributed by atoms with Gasteiger partial charge in [0.1, 0.15) is 5.76 Å². The van der Waals surface area contributed by atoms with Gasteiger partial charge in [-0.2, -0.15) is 0 Å². The number of hydrogen-bond donors (Lipinski definition) is 1. The summed E-state index contributed by atoms with van der Waals surface area (Å²) < 4.78 is 7.03. The first kappa shape index (κ1) is 24.3. The van der Waals surface area contributed by atoms with E-state index in [2.05, 4.69) is 19.1 Å². The number of rotatable bonds is 8. The van der Waals surface area contributed by atoms with Crippen LogP contribution in [0.2, 0.25) is 0 Å². The molecule has 4 rings (SSSR count). The summed E-state index contributed by atoms with van der Waals surface area (Å²) in [6.07, 6.45) is 10.2. The Kier molecular flexibility index (Phi) is 7.35. The Bertz CT molecular complexity index is 1350. The summed E-state index contributed by atoms with van der Waals surface area (Å²) in [6.45, 7) is 4.01. The van der Waals surface area contributed by atoms with E-state index in [4.69, 9.17) is 4.74 Å². The van der Waals surface area contributed by atoms with E-state index >= 15 is 0 Å². The van der Waals surface area contributed by atoms with Crippen molar-refractivity contribution in [1.82, 2.24) is 4.57 Å². The number of nitrogens with zero attached hydrogens (tertiary/aromatic N) is 1. The Labute approximate surface area is 206 Å². The quantitative estimate of drug-likeness (QED) is 0.415. The average molecular weight is 470 g/mol. The van der Waals surface area contributed by atoms with Gasteiger partial charge >= 0.3 is 5.97 Å². The van der Waals surface area contributed by atoms with Gasteiger partial charge in [0, 0.05) is 16.6 Å². The van der Waals surface area contributed by atoms with E-state index in [1.165, 1.54) is 16.7 Å². The maximum atomic E-state index is 13.3. The second-order valence-electron chi connectivity index (χ2n) is 9.04. The number of aryl methyl sites for hydroxylation is 2. The molecular weight excluding hydrogens is 438 g/mol. The lowest BCUT2D eigenvalue weighted by molar-refractivity contribution is -0.136. The molecule has 2 aromatic carbocycles. The molecule has 5 heteroatoms. The minimum absolute atomic E-state index is 0.0692. The number of carbonyl (C=O) groups is 2. The predicted octanol–water partition coefficient (Wildman–Crippen LogP) is 6.39. The first-order valence-corrected chi connectivity index (χ1v) is 11.9. The molecule has 1 N–H and O–H groups in total. The van der Waals surface area contributed by atoms with Crippen LogP contribution in [0.5, 0.6) is 0 Å². The fourth-order valence-corrected chi connectivity index (χ4v) is 4.73. The van der Waals surface area contributed by atoms with Gasteiger partial charge in [0.15, 0.2) is 0 Å². The molecule has 180 valence electrons. The van der Waals surface area contributed by atoms with Crippen LogP contribution in [0.3, 0.4) is 0 Å². The number of ether oxygens (including phenoxy) is 1. The van der Waals surface area contributed by atoms with Crippen LogP contribution < -0.4 is 0 Å². The molecule has 0 saturated heterocycles. The zero-order chi connectivity index (χ0) is 24.9. The van der Waals surface area contributed by atoms with E-state index < -0.39 is 5.97 Å². The van der Waals surface area contributed by atoms with E-state index in [9.17, 15) is 14.7 Å². The Balaban J connectivity index is 1.46. The summed E-state index contributed by atoms with van der Waals surface area (Å²) >= 11 is 0. The highest BCUT2D eigenvalue weighted by molar-refractivity contribution is 6.03. The van der Waals surface area contributed by atoms with Gasteiger partial charge in [0.05, 0.1) is 19.0 Å². The molecule has 0 fully saturated rings. The standard InChI is InChI=1S/C30H31NO4/c1-20-17-26(35-3)11-5-9-23(20)8-4-7-22-13-15-24(16-14-22)30(34)31-21(2)18-27-25(19-29(32)33)10-6-12-28(27)31/h5-6,10-18H,4,7-9,19H2,1-3H3,(H,32,33). The molecule has 0 radical (unpaired) electrons. The normalized spacial score (nSPS) is 13.6. The minimum atomic E-state index is -0.886. The molecule has 3 aromatic rings. The second kappa shape index (κ2) is 10.6. The van der Waals surface area contributed by atoms with Gasteiger partial charge in [0.2, 0.25) is 0 Å². The predicted molar refractivity (Wildman–Crippen MR) is 139 cm³/mol. The topological polar surface area (TPSA) is 68.5 Å². The lowest BCUT2D eigenvalue weighted by Gasteiger charge is -2.10. The smallest absolute Gasteiger partial charge is 0.307 e. The van der Waals surface area contributed by atoms with Crippen molar-refractivity contribution >= 4 is 22.8 Å². The number of carbonyl (C=O) groups excluding carboxylic acids is 1. The van der Waals surface area contributed by atoms with E-state index in [0.29, 0.717) is 11.1 Å². The molecule has 35 heavy (non-hydrogen) atoms. The maximum absolute atomic E-state index is 13.3. The zero-order valence-electron chi connectivity index (χ0n) is 20.5. The Morgan fingerprint density at radius 2 is 1.83 bits per heavy atom. The Morgan fingerprint density at radius 1 is 1.06 bits per heavy atom. The minimum Gasteiger partial charge on any atom is -0.497 e. The summed E-state index contributed by atoms with van der Waals surface area (Å²) in [5.74, 6) is -0.104. The van der Waals surface area contributed by atoms with Crippen molar-refractivity contribution in [3.63, 3.8) is 0 Å². The Hall–Kier alpha value is -3.86. The molecule has 0 bridgehead atoms. The van der Waals surface area contributed by atoms with Crippen LogP contribution in [-0.4, -0.2) is 28.7 Å². The SMILES string of the molecule is COC1=CC(C)=C(CCCc2ccc(C(=O)n3c(C)cc4c(CC(=O)O)cccc43)cc2)CC=C1. The molecule has 0 saturated carbocycles. The Morgan fingerprint density at radius 3 is 2.54 bits per heavy atom. The summed E-state index contributed by atoms with van der Waals surface area (Å²) in [5.41, 5.74) is 6.76. The van der Waals surface area contributed by atoms with Gasteiger partial charge in [-0.15, -0.1) is 0 Å². The third-order valence-corrected chi connectivity index (χ3v) is 6.61. The number of methoxy groups -OCH3 is 1. The van der Waals surface area contributed by atoms with Gasteiger partial charge in [-0.3, -0.25) is 14.2 Å². The average Bonchev–Trinajstić information content (AvgIpc) is 3.07. The molecule has 0 atom stereocenters. The highest BCUT2D eigenvalue weighted by atomic mass is 16.5. The highest BCUT2D eigenvalue weighted by Crippen LogP contribution is 2.26. The number of carboxylic acids is 1. The molecule has 1 heterocycles. The highest BCUT2D eigenvalue weighted by Gasteiger charge is 2.17. The fraction of sp³-hybridized carbons (Fsp3) is 0.267. The summed E-state index contributed by atoms with van der Waals surface area (Å²) in [6, 6.07) is 15.2. The molecule has 0 amide bonds. The van der Waals surface area contributed by atoms with Crippen molar-refractivity contribution in [1.29, 1.82) is 0 Å². The summed E-state index contributed by atoms with van der Waals surface area (Å²) in [5, 5.41) is 10.0. The fourth-order valence-electron chi connectivity index (χ4n) is 4.73. The number of fused-ring (bicyclic) bond motifs is 1. The van der Waals surface area contributed by atoms with E-state index in [-0.39, 0.29) is 12.3 Å². The number of allylic oxidation sites excluding steroid dienone is 5. The van der Waals surface area contributed by atoms with Crippen molar-refractivity contribution < 1.29 is 19.4 Å². The number of hydrogen-bond acceptors (Lipinski definition) is 3. The van der Waals surface area contributed by atoms with Crippen LogP contribution in [-0.2, 0) is 22.4 Å². The lowest BCUT2D eigenvalue weighted by Crippen LogP contribution is -2.13. The molecule has 0 spiro atoms. The van der Waals surface area contributed by atoms with Crippen LogP contribution >= 0.6 is 0 Å². The number of benzene rings is 2. The number of carboxylic acid groups (broad SMARTS) is 1. The zero-order valence-corrected chi connectivity index (χ0v) is 20.5. The molecule has 1 aliphatic carbocycles. The maximum Gasteiger partial charge on any atom is 0.307 e. The van der Waals surface area contributed by atoms with Gasteiger partial charge in [-0.1, -0.05) is 35.9 Å².